The van der Waals surface area contributed by atoms with Crippen molar-refractivity contribution >= 4 is 18.0 Å². The lowest BCUT2D eigenvalue weighted by Gasteiger charge is -2.35. The smallest absolute Gasteiger partial charge is 0.409 e. The van der Waals surface area contributed by atoms with Crippen molar-refractivity contribution in [2.24, 2.45) is 0 Å². The molecule has 1 aliphatic rings. The standard InChI is InChI=1S/C25H27F3N2O5/c1-4-30(24(2,3)22(32)33)21(31)13-20(25(26,27)28)29-23(34)35-14-19-17-11-7-5-9-15(17)16-10-6-8-12-18(16)19/h5-12,19-20H,4,13-14H2,1-3H3,(H,29,34)(H,32,33). The maximum atomic E-state index is 13.6. The van der Waals surface area contributed by atoms with E-state index in [9.17, 15) is 32.7 Å². The number of aliphatic carboxylic acids is 1. The first-order valence-corrected chi connectivity index (χ1v) is 11.1. The fourth-order valence-electron chi connectivity index (χ4n) is 4.31. The number of alkyl carbamates (subject to hydrolysis) is 1. The Balaban J connectivity index is 1.70. The second-order valence-electron chi connectivity index (χ2n) is 8.77. The number of likely N-dealkylation sites (N-methyl/N-ethyl adjacent to an activating group) is 1. The van der Waals surface area contributed by atoms with Gasteiger partial charge in [-0.15, -0.1) is 0 Å². The van der Waals surface area contributed by atoms with Gasteiger partial charge in [-0.25, -0.2) is 9.59 Å². The molecule has 188 valence electrons. The van der Waals surface area contributed by atoms with Crippen molar-refractivity contribution in [1.82, 2.24) is 10.2 Å². The number of benzene rings is 2. The first-order valence-electron chi connectivity index (χ1n) is 11.1. The molecule has 7 nitrogen and oxygen atoms in total. The molecule has 0 spiro atoms. The van der Waals surface area contributed by atoms with E-state index in [0.717, 1.165) is 27.2 Å². The molecule has 0 saturated heterocycles. The van der Waals surface area contributed by atoms with Crippen LogP contribution in [-0.2, 0) is 14.3 Å². The second-order valence-corrected chi connectivity index (χ2v) is 8.77. The van der Waals surface area contributed by atoms with Crippen LogP contribution < -0.4 is 5.32 Å². The van der Waals surface area contributed by atoms with Crippen LogP contribution in [0, 0.1) is 0 Å². The van der Waals surface area contributed by atoms with Crippen LogP contribution in [0.25, 0.3) is 11.1 Å². The van der Waals surface area contributed by atoms with Gasteiger partial charge in [-0.3, -0.25) is 4.79 Å². The van der Waals surface area contributed by atoms with E-state index in [0.29, 0.717) is 0 Å². The predicted molar refractivity (Wildman–Crippen MR) is 122 cm³/mol. The highest BCUT2D eigenvalue weighted by Crippen LogP contribution is 2.44. The normalized spacial score (nSPS) is 14.0. The fourth-order valence-corrected chi connectivity index (χ4v) is 4.31. The van der Waals surface area contributed by atoms with Gasteiger partial charge in [0.2, 0.25) is 5.91 Å². The number of alkyl halides is 3. The van der Waals surface area contributed by atoms with Crippen molar-refractivity contribution in [2.75, 3.05) is 13.2 Å². The monoisotopic (exact) mass is 492 g/mol. The third-order valence-electron chi connectivity index (χ3n) is 6.23. The van der Waals surface area contributed by atoms with Crippen LogP contribution in [0.15, 0.2) is 48.5 Å². The summed E-state index contributed by atoms with van der Waals surface area (Å²) < 4.78 is 46.1. The predicted octanol–water partition coefficient (Wildman–Crippen LogP) is 4.56. The van der Waals surface area contributed by atoms with Crippen LogP contribution in [0.3, 0.4) is 0 Å². The molecule has 0 fully saturated rings. The summed E-state index contributed by atoms with van der Waals surface area (Å²) in [6, 6.07) is 12.5. The molecule has 2 N–H and O–H groups in total. The number of carbonyl (C=O) groups is 3. The number of hydrogen-bond donors (Lipinski definition) is 2. The number of nitrogens with one attached hydrogen (secondary N) is 1. The molecular formula is C25H27F3N2O5. The Labute approximate surface area is 200 Å². The Morgan fingerprint density at radius 3 is 2.00 bits per heavy atom. The number of amides is 2. The SMILES string of the molecule is CCN(C(=O)CC(NC(=O)OCC1c2ccccc2-c2ccccc21)C(F)(F)F)C(C)(C)C(=O)O. The maximum Gasteiger partial charge on any atom is 0.409 e. The first-order chi connectivity index (χ1) is 16.4. The molecule has 3 rings (SSSR count). The van der Waals surface area contributed by atoms with Crippen LogP contribution in [0.2, 0.25) is 0 Å². The van der Waals surface area contributed by atoms with Crippen LogP contribution in [0.4, 0.5) is 18.0 Å². The number of ether oxygens (including phenoxy) is 1. The lowest BCUT2D eigenvalue weighted by Crippen LogP contribution is -2.55. The molecule has 1 aliphatic carbocycles. The molecule has 2 aromatic carbocycles. The topological polar surface area (TPSA) is 95.9 Å². The van der Waals surface area contributed by atoms with Crippen LogP contribution in [-0.4, -0.2) is 58.9 Å². The van der Waals surface area contributed by atoms with Crippen LogP contribution in [0.1, 0.15) is 44.2 Å². The zero-order chi connectivity index (χ0) is 26.0. The van der Waals surface area contributed by atoms with E-state index in [1.807, 2.05) is 48.5 Å². The minimum Gasteiger partial charge on any atom is -0.480 e. The summed E-state index contributed by atoms with van der Waals surface area (Å²) in [5.41, 5.74) is 2.02. The van der Waals surface area contributed by atoms with Gasteiger partial charge in [-0.1, -0.05) is 48.5 Å². The number of hydrogen-bond acceptors (Lipinski definition) is 4. The van der Waals surface area contributed by atoms with Crippen molar-refractivity contribution in [3.8, 4) is 11.1 Å². The van der Waals surface area contributed by atoms with E-state index in [4.69, 9.17) is 4.74 Å². The van der Waals surface area contributed by atoms with Gasteiger partial charge < -0.3 is 20.1 Å². The zero-order valence-corrected chi connectivity index (χ0v) is 19.6. The lowest BCUT2D eigenvalue weighted by molar-refractivity contribution is -0.168. The average molecular weight is 492 g/mol. The number of carboxylic acid groups (broad SMARTS) is 1. The molecule has 0 saturated carbocycles. The van der Waals surface area contributed by atoms with E-state index in [1.54, 1.807) is 5.32 Å². The van der Waals surface area contributed by atoms with Crippen molar-refractivity contribution < 1.29 is 37.4 Å². The minimum absolute atomic E-state index is 0.117. The first kappa shape index (κ1) is 26.1. The summed E-state index contributed by atoms with van der Waals surface area (Å²) >= 11 is 0. The van der Waals surface area contributed by atoms with Gasteiger partial charge in [-0.05, 0) is 43.0 Å². The van der Waals surface area contributed by atoms with Gasteiger partial charge in [0.25, 0.3) is 0 Å². The Hall–Kier alpha value is -3.56. The number of nitrogens with zero attached hydrogens (tertiary/aromatic N) is 1. The van der Waals surface area contributed by atoms with Crippen molar-refractivity contribution in [1.29, 1.82) is 0 Å². The quantitative estimate of drug-likeness (QED) is 0.563. The van der Waals surface area contributed by atoms with Gasteiger partial charge in [-0.2, -0.15) is 13.2 Å². The molecule has 0 aromatic heterocycles. The molecule has 2 amide bonds. The van der Waals surface area contributed by atoms with Crippen LogP contribution >= 0.6 is 0 Å². The number of carboxylic acids is 1. The highest BCUT2D eigenvalue weighted by atomic mass is 19.4. The Morgan fingerprint density at radius 1 is 1.03 bits per heavy atom. The van der Waals surface area contributed by atoms with E-state index in [-0.39, 0.29) is 19.1 Å². The molecule has 1 atom stereocenters. The Bertz CT molecular complexity index is 1070. The van der Waals surface area contributed by atoms with Crippen molar-refractivity contribution in [3.63, 3.8) is 0 Å². The molecule has 1 unspecified atom stereocenters. The van der Waals surface area contributed by atoms with Gasteiger partial charge in [0.05, 0.1) is 6.42 Å². The summed E-state index contributed by atoms with van der Waals surface area (Å²) in [4.78, 5) is 37.2. The molecule has 10 heteroatoms. The van der Waals surface area contributed by atoms with E-state index in [1.165, 1.54) is 20.8 Å². The van der Waals surface area contributed by atoms with Gasteiger partial charge in [0.15, 0.2) is 0 Å². The summed E-state index contributed by atoms with van der Waals surface area (Å²) in [5, 5.41) is 11.1. The number of carbonyl (C=O) groups excluding carboxylic acids is 2. The largest absolute Gasteiger partial charge is 0.480 e. The number of halogens is 3. The van der Waals surface area contributed by atoms with Gasteiger partial charge >= 0.3 is 18.2 Å². The zero-order valence-electron chi connectivity index (χ0n) is 19.6. The van der Waals surface area contributed by atoms with E-state index >= 15 is 0 Å². The van der Waals surface area contributed by atoms with Crippen molar-refractivity contribution in [3.05, 3.63) is 59.7 Å². The number of rotatable bonds is 8. The molecule has 0 radical (unpaired) electrons. The third-order valence-corrected chi connectivity index (χ3v) is 6.23. The molecule has 0 heterocycles. The Morgan fingerprint density at radius 2 is 1.54 bits per heavy atom. The summed E-state index contributed by atoms with van der Waals surface area (Å²) in [7, 11) is 0. The Kier molecular flexibility index (Phi) is 7.42. The van der Waals surface area contributed by atoms with E-state index < -0.39 is 42.1 Å². The van der Waals surface area contributed by atoms with Gasteiger partial charge in [0.1, 0.15) is 18.2 Å². The molecule has 0 aliphatic heterocycles. The third kappa shape index (κ3) is 5.41. The molecule has 35 heavy (non-hydrogen) atoms. The van der Waals surface area contributed by atoms with Crippen molar-refractivity contribution in [2.45, 2.75) is 50.9 Å². The average Bonchev–Trinajstić information content (AvgIpc) is 3.10. The summed E-state index contributed by atoms with van der Waals surface area (Å²) in [6.45, 7) is 3.60. The highest BCUT2D eigenvalue weighted by molar-refractivity contribution is 5.87. The lowest BCUT2D eigenvalue weighted by atomic mass is 9.98. The highest BCUT2D eigenvalue weighted by Gasteiger charge is 2.45. The van der Waals surface area contributed by atoms with Gasteiger partial charge in [0, 0.05) is 12.5 Å². The molecule has 2 aromatic rings. The second kappa shape index (κ2) is 9.97. The number of fused-ring (bicyclic) bond motifs is 3. The summed E-state index contributed by atoms with van der Waals surface area (Å²) in [6.07, 6.45) is -7.42. The minimum atomic E-state index is -4.95. The molecule has 0 bridgehead atoms. The van der Waals surface area contributed by atoms with Crippen LogP contribution in [0.5, 0.6) is 0 Å². The fraction of sp³-hybridized carbons (Fsp3) is 0.400. The maximum absolute atomic E-state index is 13.6. The summed E-state index contributed by atoms with van der Waals surface area (Å²) in [5.74, 6) is -2.76. The molecular weight excluding hydrogens is 465 g/mol. The van der Waals surface area contributed by atoms with E-state index in [2.05, 4.69) is 0 Å².